The Morgan fingerprint density at radius 1 is 0.360 bits per heavy atom. The monoisotopic (exact) mass is 396 g/mol. The van der Waals surface area contributed by atoms with Crippen molar-refractivity contribution in [3.05, 3.63) is 91.0 Å². The Morgan fingerprint density at radius 2 is 0.560 bits per heavy atom. The summed E-state index contributed by atoms with van der Waals surface area (Å²) in [6.07, 6.45) is 0. The fraction of sp³-hybridized carbons (Fsp3) is 0. The van der Waals surface area contributed by atoms with Crippen molar-refractivity contribution in [2.75, 3.05) is 0 Å². The van der Waals surface area contributed by atoms with Crippen LogP contribution in [0.4, 0.5) is 0 Å². The van der Waals surface area contributed by atoms with E-state index in [9.17, 15) is 25.1 Å². The van der Waals surface area contributed by atoms with Crippen molar-refractivity contribution in [2.45, 2.75) is 0 Å². The van der Waals surface area contributed by atoms with Crippen LogP contribution in [-0.2, 0) is 9.54 Å². The second kappa shape index (κ2) is 2.87. The molecule has 0 amide bonds. The maximum atomic E-state index is 11.6. The molecule has 140 valence electrons. The van der Waals surface area contributed by atoms with Crippen LogP contribution in [0.5, 0.6) is 0 Å². The van der Waals surface area contributed by atoms with E-state index in [1.165, 1.54) is 54.6 Å². The fourth-order valence-electron chi connectivity index (χ4n) is 2.61. The van der Waals surface area contributed by atoms with E-state index in [1.807, 2.05) is 0 Å². The number of benzene rings is 3. The molecule has 0 aliphatic heterocycles. The normalized spacial score (nSPS) is 20.6. The molecule has 3 rings (SSSR count). The summed E-state index contributed by atoms with van der Waals surface area (Å²) in [5, 5.41) is 0. The van der Waals surface area contributed by atoms with Gasteiger partial charge in [-0.1, -0.05) is 0 Å². The SMILES string of the molecule is [OH][Cu]([OH])([OH])([OH])([OH])([OH])([c]1ccccc1)([c]1ccccc1)[c]1ccccc1. The molecule has 0 saturated carbocycles. The number of hydrogen-bond acceptors (Lipinski definition) is 6. The Morgan fingerprint density at radius 3 is 0.760 bits per heavy atom. The van der Waals surface area contributed by atoms with Crippen molar-refractivity contribution in [3.8, 4) is 0 Å². The molecule has 0 radical (unpaired) electrons. The zero-order valence-corrected chi connectivity index (χ0v) is 14.1. The molecule has 0 aliphatic carbocycles. The summed E-state index contributed by atoms with van der Waals surface area (Å²) in [4.78, 5) is 0. The molecule has 6 N–H and O–H groups in total. The van der Waals surface area contributed by atoms with Gasteiger partial charge in [0.15, 0.2) is 0 Å². The van der Waals surface area contributed by atoms with Crippen molar-refractivity contribution < 1.29 is 34.7 Å². The van der Waals surface area contributed by atoms with Gasteiger partial charge in [-0.25, -0.2) is 0 Å². The number of hydrogen-bond donors (Lipinski definition) is 6. The average molecular weight is 397 g/mol. The molecular formula is C18H21CuO6. The molecule has 0 bridgehead atoms. The van der Waals surface area contributed by atoms with Crippen LogP contribution in [0.1, 0.15) is 0 Å². The van der Waals surface area contributed by atoms with Gasteiger partial charge in [-0.3, -0.25) is 0 Å². The first-order valence-corrected chi connectivity index (χ1v) is 10.9. The Hall–Kier alpha value is -2.06. The maximum absolute atomic E-state index is 11.6. The zero-order valence-electron chi connectivity index (χ0n) is 13.1. The van der Waals surface area contributed by atoms with Crippen molar-refractivity contribution in [2.24, 2.45) is 0 Å². The summed E-state index contributed by atoms with van der Waals surface area (Å²) >= 11 is 0. The van der Waals surface area contributed by atoms with Gasteiger partial charge >= 0.3 is 139 Å². The standard InChI is InChI=1S/3C6H5.Cu.6H2O/c3*1-2-4-6-5-3-1;;;;;;;/h3*1-5H;;6*1H2/q;;;+6;;;;;;/p-6. The zero-order chi connectivity index (χ0) is 18.7. The predicted molar refractivity (Wildman–Crippen MR) is 91.5 cm³/mol. The van der Waals surface area contributed by atoms with Gasteiger partial charge < -0.3 is 0 Å². The van der Waals surface area contributed by atoms with Gasteiger partial charge in [0.1, 0.15) is 0 Å². The van der Waals surface area contributed by atoms with E-state index in [-0.39, 0.29) is 0 Å². The first-order chi connectivity index (χ1) is 11.0. The molecule has 6 nitrogen and oxygen atoms in total. The first-order valence-electron chi connectivity index (χ1n) is 6.99. The van der Waals surface area contributed by atoms with Gasteiger partial charge in [0.05, 0.1) is 0 Å². The number of rotatable bonds is 3. The molecule has 3 aromatic carbocycles. The van der Waals surface area contributed by atoms with E-state index in [4.69, 9.17) is 0 Å². The molecule has 0 fully saturated rings. The summed E-state index contributed by atoms with van der Waals surface area (Å²) in [5.41, 5.74) is 0. The third-order valence-corrected chi connectivity index (χ3v) is 11.0. The molecule has 0 saturated heterocycles. The quantitative estimate of drug-likeness (QED) is 0.324. The summed E-state index contributed by atoms with van der Waals surface area (Å²) < 4.78 is 65.8. The van der Waals surface area contributed by atoms with Gasteiger partial charge in [0.2, 0.25) is 0 Å². The summed E-state index contributed by atoms with van der Waals surface area (Å²) in [6, 6.07) is 16.3. The molecular weight excluding hydrogens is 376 g/mol. The van der Waals surface area contributed by atoms with Crippen LogP contribution >= 0.6 is 0 Å². The van der Waals surface area contributed by atoms with E-state index < -0.39 is 22.9 Å². The van der Waals surface area contributed by atoms with Gasteiger partial charge in [-0.15, -0.1) is 0 Å². The van der Waals surface area contributed by atoms with Crippen LogP contribution in [0.15, 0.2) is 91.0 Å². The van der Waals surface area contributed by atoms with Crippen molar-refractivity contribution >= 4 is 13.4 Å². The van der Waals surface area contributed by atoms with E-state index in [0.717, 1.165) is 36.4 Å². The van der Waals surface area contributed by atoms with Crippen LogP contribution in [0.3, 0.4) is 0 Å². The molecule has 0 spiro atoms. The topological polar surface area (TPSA) is 121 Å². The van der Waals surface area contributed by atoms with Crippen LogP contribution in [0.25, 0.3) is 0 Å². The van der Waals surface area contributed by atoms with E-state index in [1.54, 1.807) is 0 Å². The van der Waals surface area contributed by atoms with E-state index >= 15 is 0 Å². The first kappa shape index (κ1) is 17.8. The van der Waals surface area contributed by atoms with Gasteiger partial charge in [0.25, 0.3) is 0 Å². The Bertz CT molecular complexity index is 916. The Labute approximate surface area is 139 Å². The average Bonchev–Trinajstić information content (AvgIpc) is 2.57. The third-order valence-electron chi connectivity index (χ3n) is 4.05. The summed E-state index contributed by atoms with van der Waals surface area (Å²) in [5.74, 6) is 0. The van der Waals surface area contributed by atoms with Crippen LogP contribution in [0.2, 0.25) is 0 Å². The second-order valence-corrected chi connectivity index (χ2v) is 15.1. The minimum absolute atomic E-state index is 0.801. The van der Waals surface area contributed by atoms with Gasteiger partial charge in [0, 0.05) is 0 Å². The second-order valence-electron chi connectivity index (χ2n) is 6.10. The van der Waals surface area contributed by atoms with Crippen molar-refractivity contribution in [1.82, 2.24) is 0 Å². The molecule has 7 heteroatoms. The van der Waals surface area contributed by atoms with Gasteiger partial charge in [-0.2, -0.15) is 0 Å². The molecule has 0 heterocycles. The van der Waals surface area contributed by atoms with E-state index in [2.05, 4.69) is 0 Å². The predicted octanol–water partition coefficient (Wildman–Crippen LogP) is -0.761. The molecule has 0 atom stereocenters. The summed E-state index contributed by atoms with van der Waals surface area (Å²) in [6.45, 7) is 0. The molecule has 3 aromatic rings. The molecule has 0 unspecified atom stereocenters. The van der Waals surface area contributed by atoms with Crippen molar-refractivity contribution in [1.29, 1.82) is 0 Å². The van der Waals surface area contributed by atoms with Crippen LogP contribution in [0, 0.1) is 0 Å². The van der Waals surface area contributed by atoms with Crippen LogP contribution < -0.4 is 13.4 Å². The molecule has 25 heavy (non-hydrogen) atoms. The van der Waals surface area contributed by atoms with Crippen molar-refractivity contribution in [3.63, 3.8) is 0 Å². The fourth-order valence-corrected chi connectivity index (χ4v) is 7.57. The Balaban J connectivity index is 2.88. The molecule has 0 aromatic heterocycles. The Kier molecular flexibility index (Phi) is 2.03. The summed E-state index contributed by atoms with van der Waals surface area (Å²) in [7, 11) is -10.7. The molecule has 0 aliphatic rings. The minimum atomic E-state index is -10.7. The third kappa shape index (κ3) is 1.78. The van der Waals surface area contributed by atoms with Crippen LogP contribution in [-0.4, -0.2) is 25.1 Å². The van der Waals surface area contributed by atoms with E-state index in [0.29, 0.717) is 0 Å². The van der Waals surface area contributed by atoms with Gasteiger partial charge in [-0.05, 0) is 0 Å².